The third-order valence-electron chi connectivity index (χ3n) is 3.81. The number of hydrogen-bond acceptors (Lipinski definition) is 3. The molecule has 1 atom stereocenters. The second kappa shape index (κ2) is 7.49. The molecule has 0 bridgehead atoms. The van der Waals surface area contributed by atoms with Crippen molar-refractivity contribution in [1.82, 2.24) is 5.32 Å². The lowest BCUT2D eigenvalue weighted by Gasteiger charge is -2.16. The van der Waals surface area contributed by atoms with Gasteiger partial charge in [-0.1, -0.05) is 42.5 Å². The van der Waals surface area contributed by atoms with Gasteiger partial charge in [-0.2, -0.15) is 0 Å². The van der Waals surface area contributed by atoms with E-state index in [0.29, 0.717) is 11.3 Å². The molecule has 0 fully saturated rings. The highest BCUT2D eigenvalue weighted by Crippen LogP contribution is 2.19. The number of furan rings is 1. The number of anilines is 1. The molecule has 25 heavy (non-hydrogen) atoms. The van der Waals surface area contributed by atoms with Gasteiger partial charge in [0.1, 0.15) is 0 Å². The van der Waals surface area contributed by atoms with Crippen molar-refractivity contribution in [2.45, 2.75) is 13.0 Å². The first-order chi connectivity index (χ1) is 12.1. The Hall–Kier alpha value is -3.34. The summed E-state index contributed by atoms with van der Waals surface area (Å²) in [6.45, 7) is 1.91. The van der Waals surface area contributed by atoms with E-state index in [1.807, 2.05) is 37.3 Å². The van der Waals surface area contributed by atoms with Gasteiger partial charge in [-0.05, 0) is 36.8 Å². The molecule has 2 amide bonds. The summed E-state index contributed by atoms with van der Waals surface area (Å²) in [5, 5.41) is 5.66. The predicted molar refractivity (Wildman–Crippen MR) is 95.4 cm³/mol. The van der Waals surface area contributed by atoms with E-state index in [1.54, 1.807) is 36.4 Å². The molecule has 0 radical (unpaired) electrons. The fourth-order valence-electron chi connectivity index (χ4n) is 2.48. The normalized spacial score (nSPS) is 11.6. The molecule has 5 heteroatoms. The van der Waals surface area contributed by atoms with Crippen LogP contribution in [0.5, 0.6) is 0 Å². The topological polar surface area (TPSA) is 71.3 Å². The molecular weight excluding hydrogens is 316 g/mol. The van der Waals surface area contributed by atoms with Crippen LogP contribution in [0.2, 0.25) is 0 Å². The van der Waals surface area contributed by atoms with Gasteiger partial charge in [-0.3, -0.25) is 9.59 Å². The SMILES string of the molecule is C[C@@H](NC(=O)c1ccccc1NC(=O)c1ccco1)c1ccccc1. The van der Waals surface area contributed by atoms with Crippen molar-refractivity contribution >= 4 is 17.5 Å². The van der Waals surface area contributed by atoms with E-state index < -0.39 is 5.91 Å². The maximum Gasteiger partial charge on any atom is 0.291 e. The van der Waals surface area contributed by atoms with E-state index in [9.17, 15) is 9.59 Å². The van der Waals surface area contributed by atoms with Crippen LogP contribution in [0.15, 0.2) is 77.4 Å². The van der Waals surface area contributed by atoms with E-state index in [0.717, 1.165) is 5.56 Å². The van der Waals surface area contributed by atoms with Gasteiger partial charge in [0.2, 0.25) is 0 Å². The molecule has 5 nitrogen and oxygen atoms in total. The number of benzene rings is 2. The van der Waals surface area contributed by atoms with Gasteiger partial charge in [-0.25, -0.2) is 0 Å². The van der Waals surface area contributed by atoms with Gasteiger partial charge in [0.15, 0.2) is 5.76 Å². The number of nitrogens with one attached hydrogen (secondary N) is 2. The average Bonchev–Trinajstić information content (AvgIpc) is 3.17. The smallest absolute Gasteiger partial charge is 0.291 e. The summed E-state index contributed by atoms with van der Waals surface area (Å²) in [5.41, 5.74) is 1.83. The van der Waals surface area contributed by atoms with Crippen LogP contribution in [0.3, 0.4) is 0 Å². The molecule has 0 spiro atoms. The van der Waals surface area contributed by atoms with E-state index >= 15 is 0 Å². The lowest BCUT2D eigenvalue weighted by Crippen LogP contribution is -2.28. The van der Waals surface area contributed by atoms with Crippen LogP contribution >= 0.6 is 0 Å². The fourth-order valence-corrected chi connectivity index (χ4v) is 2.48. The summed E-state index contributed by atoms with van der Waals surface area (Å²) in [7, 11) is 0. The van der Waals surface area contributed by atoms with Crippen LogP contribution < -0.4 is 10.6 Å². The third-order valence-corrected chi connectivity index (χ3v) is 3.81. The summed E-state index contributed by atoms with van der Waals surface area (Å²) in [5.74, 6) is -0.471. The van der Waals surface area contributed by atoms with E-state index in [4.69, 9.17) is 4.42 Å². The summed E-state index contributed by atoms with van der Waals surface area (Å²) in [6.07, 6.45) is 1.43. The Kier molecular flexibility index (Phi) is 4.95. The van der Waals surface area contributed by atoms with Crippen LogP contribution in [-0.4, -0.2) is 11.8 Å². The molecule has 0 saturated heterocycles. The lowest BCUT2D eigenvalue weighted by molar-refractivity contribution is 0.0941. The van der Waals surface area contributed by atoms with Gasteiger partial charge in [0, 0.05) is 0 Å². The van der Waals surface area contributed by atoms with Crippen LogP contribution in [0.1, 0.15) is 39.4 Å². The van der Waals surface area contributed by atoms with Crippen LogP contribution in [0.25, 0.3) is 0 Å². The third kappa shape index (κ3) is 3.95. The van der Waals surface area contributed by atoms with Gasteiger partial charge in [0.05, 0.1) is 23.6 Å². The molecule has 0 aliphatic carbocycles. The van der Waals surface area contributed by atoms with Crippen molar-refractivity contribution < 1.29 is 14.0 Å². The zero-order chi connectivity index (χ0) is 17.6. The molecule has 0 aliphatic rings. The Labute approximate surface area is 145 Å². The highest BCUT2D eigenvalue weighted by Gasteiger charge is 2.17. The molecule has 0 aliphatic heterocycles. The number of carbonyl (C=O) groups excluding carboxylic acids is 2. The Morgan fingerprint density at radius 1 is 0.880 bits per heavy atom. The van der Waals surface area contributed by atoms with Gasteiger partial charge in [-0.15, -0.1) is 0 Å². The van der Waals surface area contributed by atoms with E-state index in [-0.39, 0.29) is 17.7 Å². The summed E-state index contributed by atoms with van der Waals surface area (Å²) in [6, 6.07) is 19.6. The summed E-state index contributed by atoms with van der Waals surface area (Å²) < 4.78 is 5.08. The Morgan fingerprint density at radius 2 is 1.60 bits per heavy atom. The standard InChI is InChI=1S/C20H18N2O3/c1-14(15-8-3-2-4-9-15)21-19(23)16-10-5-6-11-17(16)22-20(24)18-12-7-13-25-18/h2-14H,1H3,(H,21,23)(H,22,24)/t14-/m1/s1. The molecule has 0 unspecified atom stereocenters. The summed E-state index contributed by atoms with van der Waals surface area (Å²) in [4.78, 5) is 24.8. The highest BCUT2D eigenvalue weighted by molar-refractivity contribution is 6.07. The quantitative estimate of drug-likeness (QED) is 0.740. The molecule has 1 heterocycles. The minimum absolute atomic E-state index is 0.150. The van der Waals surface area contributed by atoms with Gasteiger partial charge in [0.25, 0.3) is 11.8 Å². The van der Waals surface area contributed by atoms with Gasteiger partial charge < -0.3 is 15.1 Å². The molecule has 0 saturated carbocycles. The predicted octanol–water partition coefficient (Wildman–Crippen LogP) is 4.02. The van der Waals surface area contributed by atoms with E-state index in [1.165, 1.54) is 6.26 Å². The molecule has 2 aromatic carbocycles. The fraction of sp³-hybridized carbons (Fsp3) is 0.100. The maximum atomic E-state index is 12.6. The van der Waals surface area contributed by atoms with Crippen LogP contribution in [0, 0.1) is 0 Å². The van der Waals surface area contributed by atoms with Gasteiger partial charge >= 0.3 is 0 Å². The minimum Gasteiger partial charge on any atom is -0.459 e. The van der Waals surface area contributed by atoms with Crippen LogP contribution in [0.4, 0.5) is 5.69 Å². The number of amides is 2. The number of hydrogen-bond donors (Lipinski definition) is 2. The van der Waals surface area contributed by atoms with Crippen LogP contribution in [-0.2, 0) is 0 Å². The largest absolute Gasteiger partial charge is 0.459 e. The first kappa shape index (κ1) is 16.5. The molecule has 126 valence electrons. The van der Waals surface area contributed by atoms with Crippen molar-refractivity contribution in [3.05, 3.63) is 89.9 Å². The monoisotopic (exact) mass is 334 g/mol. The van der Waals surface area contributed by atoms with Crippen molar-refractivity contribution in [3.63, 3.8) is 0 Å². The van der Waals surface area contributed by atoms with Crippen molar-refractivity contribution in [2.75, 3.05) is 5.32 Å². The average molecular weight is 334 g/mol. The Bertz CT molecular complexity index is 858. The van der Waals surface area contributed by atoms with Crippen molar-refractivity contribution in [2.24, 2.45) is 0 Å². The second-order valence-corrected chi connectivity index (χ2v) is 5.58. The van der Waals surface area contributed by atoms with Crippen molar-refractivity contribution in [1.29, 1.82) is 0 Å². The summed E-state index contributed by atoms with van der Waals surface area (Å²) >= 11 is 0. The first-order valence-electron chi connectivity index (χ1n) is 7.95. The molecule has 2 N–H and O–H groups in total. The number of rotatable bonds is 5. The minimum atomic E-state index is -0.402. The first-order valence-corrected chi connectivity index (χ1v) is 7.95. The zero-order valence-electron chi connectivity index (χ0n) is 13.7. The molecule has 3 aromatic rings. The molecule has 3 rings (SSSR count). The zero-order valence-corrected chi connectivity index (χ0v) is 13.7. The number of carbonyl (C=O) groups is 2. The lowest BCUT2D eigenvalue weighted by atomic mass is 10.1. The Morgan fingerprint density at radius 3 is 2.32 bits per heavy atom. The molecule has 1 aromatic heterocycles. The number of para-hydroxylation sites is 1. The highest BCUT2D eigenvalue weighted by atomic mass is 16.3. The van der Waals surface area contributed by atoms with Crippen molar-refractivity contribution in [3.8, 4) is 0 Å². The van der Waals surface area contributed by atoms with E-state index in [2.05, 4.69) is 10.6 Å². The Balaban J connectivity index is 1.76. The maximum absolute atomic E-state index is 12.6. The molecular formula is C20H18N2O3. The second-order valence-electron chi connectivity index (χ2n) is 5.58.